The largest absolute Gasteiger partial charge is 0.460 e. The highest BCUT2D eigenvalue weighted by Crippen LogP contribution is 2.47. The van der Waals surface area contributed by atoms with E-state index in [4.69, 9.17) is 0 Å². The summed E-state index contributed by atoms with van der Waals surface area (Å²) in [5.41, 5.74) is 3.28. The number of amides is 1. The molecule has 0 aromatic carbocycles. The van der Waals surface area contributed by atoms with Crippen LogP contribution in [0.4, 0.5) is 30.7 Å². The van der Waals surface area contributed by atoms with E-state index < -0.39 is 35.4 Å². The summed E-state index contributed by atoms with van der Waals surface area (Å²) in [6, 6.07) is 2.73. The van der Waals surface area contributed by atoms with Gasteiger partial charge in [0.2, 0.25) is 5.78 Å². The van der Waals surface area contributed by atoms with Crippen LogP contribution in [0, 0.1) is 0 Å². The molecule has 1 aromatic rings. The van der Waals surface area contributed by atoms with Crippen LogP contribution in [0.5, 0.6) is 0 Å². The van der Waals surface area contributed by atoms with Crippen molar-refractivity contribution in [3.05, 3.63) is 41.9 Å². The molecule has 0 aliphatic carbocycles. The Morgan fingerprint density at radius 1 is 1.08 bits per heavy atom. The van der Waals surface area contributed by atoms with Crippen molar-refractivity contribution in [1.29, 1.82) is 0 Å². The molecule has 0 bridgehead atoms. The van der Waals surface area contributed by atoms with E-state index in [9.17, 15) is 40.3 Å². The van der Waals surface area contributed by atoms with E-state index in [0.717, 1.165) is 13.1 Å². The Bertz CT molecular complexity index is 672. The molecule has 0 aliphatic rings. The Balaban J connectivity index is 2.81. The van der Waals surface area contributed by atoms with Gasteiger partial charge < -0.3 is 5.43 Å². The molecule has 1 heterocycles. The molecule has 1 aromatic heterocycles. The molecule has 5 nitrogen and oxygen atoms in total. The van der Waals surface area contributed by atoms with Gasteiger partial charge in [0, 0.05) is 24.2 Å². The summed E-state index contributed by atoms with van der Waals surface area (Å²) in [5.74, 6) is -16.2. The summed E-state index contributed by atoms with van der Waals surface area (Å²) in [6.45, 7) is 0.892. The summed E-state index contributed by atoms with van der Waals surface area (Å²) >= 11 is 0. The molecule has 0 spiro atoms. The highest BCUT2D eigenvalue weighted by Gasteiger charge is 2.75. The third-order valence-electron chi connectivity index (χ3n) is 2.70. The molecule has 0 radical (unpaired) electrons. The van der Waals surface area contributed by atoms with Crippen molar-refractivity contribution in [3.8, 4) is 0 Å². The molecule has 0 fully saturated rings. The Morgan fingerprint density at radius 3 is 2.16 bits per heavy atom. The minimum absolute atomic E-state index is 0.0306. The van der Waals surface area contributed by atoms with E-state index in [0.29, 0.717) is 0 Å². The van der Waals surface area contributed by atoms with E-state index in [1.54, 1.807) is 0 Å². The number of halogens is 7. The van der Waals surface area contributed by atoms with Crippen molar-refractivity contribution in [2.75, 3.05) is 0 Å². The Labute approximate surface area is 135 Å². The van der Waals surface area contributed by atoms with Crippen molar-refractivity contribution in [3.63, 3.8) is 0 Å². The average molecular weight is 373 g/mol. The van der Waals surface area contributed by atoms with E-state index >= 15 is 0 Å². The van der Waals surface area contributed by atoms with Crippen LogP contribution < -0.4 is 10.9 Å². The quantitative estimate of drug-likeness (QED) is 0.457. The lowest BCUT2D eigenvalue weighted by molar-refractivity contribution is -0.342. The lowest BCUT2D eigenvalue weighted by atomic mass is 10.1. The second-order valence-electron chi connectivity index (χ2n) is 4.66. The normalized spacial score (nSPS) is 13.4. The number of allylic oxidation sites excluding steroid dienone is 2. The number of pyridine rings is 1. The number of carbonyl (C=O) groups is 2. The Kier molecular flexibility index (Phi) is 5.76. The highest BCUT2D eigenvalue weighted by molar-refractivity contribution is 5.97. The number of nitrogens with one attached hydrogen (secondary N) is 2. The number of rotatable bonds is 6. The average Bonchev–Trinajstić information content (AvgIpc) is 2.52. The summed E-state index contributed by atoms with van der Waals surface area (Å²) in [4.78, 5) is 26.3. The SMILES string of the molecule is CC(=CC(=O)C(F)(F)C(F)(F)C(F)(F)F)NNC(=O)c1cccnc1. The number of aromatic nitrogens is 1. The highest BCUT2D eigenvalue weighted by atomic mass is 19.4. The predicted octanol–water partition coefficient (Wildman–Crippen LogP) is 2.62. The first-order valence-electron chi connectivity index (χ1n) is 6.32. The molecular formula is C13H10F7N3O2. The number of carbonyl (C=O) groups excluding carboxylic acids is 2. The zero-order chi connectivity index (χ0) is 19.5. The molecule has 2 N–H and O–H groups in total. The van der Waals surface area contributed by atoms with Gasteiger partial charge >= 0.3 is 18.0 Å². The Hall–Kier alpha value is -2.66. The molecule has 1 amide bonds. The summed E-state index contributed by atoms with van der Waals surface area (Å²) in [6.07, 6.45) is -4.30. The smallest absolute Gasteiger partial charge is 0.303 e. The van der Waals surface area contributed by atoms with Gasteiger partial charge in [0.1, 0.15) is 0 Å². The van der Waals surface area contributed by atoms with Gasteiger partial charge in [-0.3, -0.25) is 20.0 Å². The maximum atomic E-state index is 13.1. The molecule has 0 saturated heterocycles. The zero-order valence-electron chi connectivity index (χ0n) is 12.3. The summed E-state index contributed by atoms with van der Waals surface area (Å²) in [5, 5.41) is 0. The Morgan fingerprint density at radius 2 is 1.68 bits per heavy atom. The van der Waals surface area contributed by atoms with Crippen LogP contribution in [0.25, 0.3) is 0 Å². The first-order valence-corrected chi connectivity index (χ1v) is 6.32. The topological polar surface area (TPSA) is 71.1 Å². The van der Waals surface area contributed by atoms with E-state index in [1.165, 1.54) is 18.3 Å². The summed E-state index contributed by atoms with van der Waals surface area (Å²) < 4.78 is 87.7. The van der Waals surface area contributed by atoms with Crippen LogP contribution in [0.2, 0.25) is 0 Å². The summed E-state index contributed by atoms with van der Waals surface area (Å²) in [7, 11) is 0. The minimum atomic E-state index is -6.62. The lowest BCUT2D eigenvalue weighted by Gasteiger charge is -2.26. The van der Waals surface area contributed by atoms with E-state index in [2.05, 4.69) is 4.98 Å². The molecule has 25 heavy (non-hydrogen) atoms. The first kappa shape index (κ1) is 20.4. The van der Waals surface area contributed by atoms with Crippen molar-refractivity contribution in [2.24, 2.45) is 0 Å². The first-order chi connectivity index (χ1) is 11.3. The molecule has 1 rings (SSSR count). The zero-order valence-corrected chi connectivity index (χ0v) is 12.3. The van der Waals surface area contributed by atoms with E-state index in [-0.39, 0.29) is 11.6 Å². The molecule has 0 atom stereocenters. The van der Waals surface area contributed by atoms with Crippen LogP contribution in [0.1, 0.15) is 17.3 Å². The third kappa shape index (κ3) is 4.45. The van der Waals surface area contributed by atoms with Crippen LogP contribution >= 0.6 is 0 Å². The van der Waals surface area contributed by atoms with Crippen molar-refractivity contribution in [2.45, 2.75) is 24.9 Å². The van der Waals surface area contributed by atoms with Gasteiger partial charge in [-0.2, -0.15) is 30.7 Å². The molecule has 138 valence electrons. The minimum Gasteiger partial charge on any atom is -0.303 e. The van der Waals surface area contributed by atoms with Gasteiger partial charge in [0.05, 0.1) is 5.56 Å². The van der Waals surface area contributed by atoms with Crippen LogP contribution in [-0.4, -0.2) is 34.7 Å². The monoisotopic (exact) mass is 373 g/mol. The van der Waals surface area contributed by atoms with Gasteiger partial charge in [0.15, 0.2) is 0 Å². The fourth-order valence-corrected chi connectivity index (χ4v) is 1.38. The van der Waals surface area contributed by atoms with Crippen LogP contribution in [0.3, 0.4) is 0 Å². The molecule has 12 heteroatoms. The van der Waals surface area contributed by atoms with Gasteiger partial charge in [-0.15, -0.1) is 0 Å². The number of hydrogen-bond donors (Lipinski definition) is 2. The number of hydrogen-bond acceptors (Lipinski definition) is 4. The second-order valence-corrected chi connectivity index (χ2v) is 4.66. The predicted molar refractivity (Wildman–Crippen MR) is 69.6 cm³/mol. The van der Waals surface area contributed by atoms with Crippen molar-refractivity contribution >= 4 is 11.7 Å². The maximum Gasteiger partial charge on any atom is 0.460 e. The lowest BCUT2D eigenvalue weighted by Crippen LogP contribution is -2.55. The molecular weight excluding hydrogens is 363 g/mol. The maximum absolute atomic E-state index is 13.1. The third-order valence-corrected chi connectivity index (χ3v) is 2.70. The van der Waals surface area contributed by atoms with Crippen LogP contribution in [-0.2, 0) is 4.79 Å². The van der Waals surface area contributed by atoms with Gasteiger partial charge in [0.25, 0.3) is 5.91 Å². The van der Waals surface area contributed by atoms with Gasteiger partial charge in [-0.25, -0.2) is 0 Å². The standard InChI is InChI=1S/C13H10F7N3O2/c1-7(22-23-10(25)8-3-2-4-21-6-8)5-9(24)11(14,15)12(16,17)13(18,19)20/h2-6,22H,1H3,(H,23,25). The number of nitrogens with zero attached hydrogens (tertiary/aromatic N) is 1. The number of alkyl halides is 7. The fraction of sp³-hybridized carbons (Fsp3) is 0.308. The van der Waals surface area contributed by atoms with E-state index in [1.807, 2.05) is 10.9 Å². The van der Waals surface area contributed by atoms with Crippen molar-refractivity contribution < 1.29 is 40.3 Å². The second kappa shape index (κ2) is 7.07. The van der Waals surface area contributed by atoms with Gasteiger partial charge in [-0.05, 0) is 19.1 Å². The number of ketones is 1. The fourth-order valence-electron chi connectivity index (χ4n) is 1.38. The number of hydrazine groups is 1. The van der Waals surface area contributed by atoms with Crippen molar-refractivity contribution in [1.82, 2.24) is 15.8 Å². The molecule has 0 unspecified atom stereocenters. The van der Waals surface area contributed by atoms with Crippen LogP contribution in [0.15, 0.2) is 36.3 Å². The van der Waals surface area contributed by atoms with Gasteiger partial charge in [-0.1, -0.05) is 0 Å². The molecule has 0 saturated carbocycles. The molecule has 0 aliphatic heterocycles.